The van der Waals surface area contributed by atoms with Crippen molar-refractivity contribution in [2.45, 2.75) is 219 Å². The van der Waals surface area contributed by atoms with E-state index in [0.717, 1.165) is 37.6 Å². The lowest BCUT2D eigenvalue weighted by atomic mass is 9.97. The Morgan fingerprint density at radius 3 is 1.56 bits per heavy atom. The van der Waals surface area contributed by atoms with E-state index in [1.165, 1.54) is 161 Å². The fourth-order valence-electron chi connectivity index (χ4n) is 7.96. The first kappa shape index (κ1) is 43.3. The predicted molar refractivity (Wildman–Crippen MR) is 212 cm³/mol. The summed E-state index contributed by atoms with van der Waals surface area (Å²) in [5.41, 5.74) is 0. The Labute approximate surface area is 301 Å². The van der Waals surface area contributed by atoms with E-state index in [0.29, 0.717) is 12.2 Å². The van der Waals surface area contributed by atoms with Crippen LogP contribution in [0.3, 0.4) is 0 Å². The van der Waals surface area contributed by atoms with Gasteiger partial charge in [-0.2, -0.15) is 0 Å². The van der Waals surface area contributed by atoms with Gasteiger partial charge in [-0.15, -0.1) is 0 Å². The third-order valence-electron chi connectivity index (χ3n) is 10.8. The fraction of sp³-hybridized carbons (Fsp3) is 0.867. The third kappa shape index (κ3) is 21.3. The Hall–Kier alpha value is -0.900. The van der Waals surface area contributed by atoms with E-state index >= 15 is 0 Å². The van der Waals surface area contributed by atoms with Gasteiger partial charge in [0.15, 0.2) is 5.79 Å². The molecule has 0 aromatic rings. The molecule has 2 rings (SSSR count). The molecule has 0 aromatic heterocycles. The fourth-order valence-corrected chi connectivity index (χ4v) is 7.96. The summed E-state index contributed by atoms with van der Waals surface area (Å²) in [7, 11) is 4.39. The molecule has 48 heavy (non-hydrogen) atoms. The summed E-state index contributed by atoms with van der Waals surface area (Å²) in [6, 6.07) is 0. The van der Waals surface area contributed by atoms with Gasteiger partial charge in [0.05, 0.1) is 12.2 Å². The maximum absolute atomic E-state index is 6.88. The molecule has 1 heterocycles. The van der Waals surface area contributed by atoms with Gasteiger partial charge in [-0.25, -0.2) is 0 Å². The number of hydrogen-bond acceptors (Lipinski definition) is 3. The van der Waals surface area contributed by atoms with E-state index in [1.807, 2.05) is 0 Å². The molecular weight excluding hydrogens is 587 g/mol. The standard InChI is InChI=1S/C45H83NO2/c1-6-8-10-12-14-15-16-17-18-19-20-21-22-24-28-32-36-45(47-43-38-42(40-46(4)5)39-44(43)48-45)37-33-29-25-23-27-31-35-41(3)34-30-26-13-11-9-7-2/h14-15,17-18,26,30,41-44H,6-13,16,19-25,27-29,31-40H2,1-5H3/b15-14-,18-17-,30-26-. The molecule has 1 aliphatic heterocycles. The largest absolute Gasteiger partial charge is 0.344 e. The average molecular weight is 670 g/mol. The Kier molecular flexibility index (Phi) is 25.9. The minimum absolute atomic E-state index is 0.298. The number of allylic oxidation sites excluding steroid dienone is 6. The van der Waals surface area contributed by atoms with E-state index in [4.69, 9.17) is 9.47 Å². The van der Waals surface area contributed by atoms with Gasteiger partial charge >= 0.3 is 0 Å². The highest BCUT2D eigenvalue weighted by molar-refractivity contribution is 4.95. The van der Waals surface area contributed by atoms with Gasteiger partial charge in [-0.1, -0.05) is 147 Å². The second-order valence-corrected chi connectivity index (χ2v) is 16.1. The zero-order chi connectivity index (χ0) is 34.5. The van der Waals surface area contributed by atoms with Crippen LogP contribution in [0, 0.1) is 11.8 Å². The molecular formula is C45H83NO2. The maximum Gasteiger partial charge on any atom is 0.169 e. The quantitative estimate of drug-likeness (QED) is 0.0525. The van der Waals surface area contributed by atoms with Crippen molar-refractivity contribution in [2.24, 2.45) is 11.8 Å². The molecule has 0 aromatic carbocycles. The Balaban J connectivity index is 1.59. The van der Waals surface area contributed by atoms with Crippen molar-refractivity contribution >= 4 is 0 Å². The highest BCUT2D eigenvalue weighted by Gasteiger charge is 2.50. The Morgan fingerprint density at radius 1 is 0.583 bits per heavy atom. The van der Waals surface area contributed by atoms with Crippen molar-refractivity contribution in [1.82, 2.24) is 4.90 Å². The van der Waals surface area contributed by atoms with Crippen LogP contribution in [0.4, 0.5) is 0 Å². The van der Waals surface area contributed by atoms with Gasteiger partial charge in [-0.3, -0.25) is 0 Å². The maximum atomic E-state index is 6.88. The van der Waals surface area contributed by atoms with E-state index in [-0.39, 0.29) is 5.79 Å². The van der Waals surface area contributed by atoms with Crippen LogP contribution in [0.15, 0.2) is 36.5 Å². The summed E-state index contributed by atoms with van der Waals surface area (Å²) >= 11 is 0. The van der Waals surface area contributed by atoms with Gasteiger partial charge in [0.1, 0.15) is 0 Å². The van der Waals surface area contributed by atoms with E-state index in [9.17, 15) is 0 Å². The second-order valence-electron chi connectivity index (χ2n) is 16.1. The number of nitrogens with zero attached hydrogens (tertiary/aromatic N) is 1. The molecule has 0 amide bonds. The van der Waals surface area contributed by atoms with Crippen molar-refractivity contribution in [2.75, 3.05) is 20.6 Å². The summed E-state index contributed by atoms with van der Waals surface area (Å²) < 4.78 is 13.8. The topological polar surface area (TPSA) is 21.7 Å². The van der Waals surface area contributed by atoms with Crippen LogP contribution in [0.5, 0.6) is 0 Å². The van der Waals surface area contributed by atoms with Crippen LogP contribution in [0.2, 0.25) is 0 Å². The van der Waals surface area contributed by atoms with Crippen molar-refractivity contribution in [1.29, 1.82) is 0 Å². The number of rotatable bonds is 32. The first-order valence-corrected chi connectivity index (χ1v) is 21.4. The van der Waals surface area contributed by atoms with Crippen LogP contribution < -0.4 is 0 Å². The zero-order valence-corrected chi connectivity index (χ0v) is 33.0. The van der Waals surface area contributed by atoms with E-state index < -0.39 is 0 Å². The zero-order valence-electron chi connectivity index (χ0n) is 33.0. The first-order chi connectivity index (χ1) is 23.5. The molecule has 3 heteroatoms. The molecule has 1 aliphatic carbocycles. The van der Waals surface area contributed by atoms with Crippen molar-refractivity contribution < 1.29 is 9.47 Å². The first-order valence-electron chi connectivity index (χ1n) is 21.4. The van der Waals surface area contributed by atoms with Gasteiger partial charge in [0, 0.05) is 19.4 Å². The summed E-state index contributed by atoms with van der Waals surface area (Å²) in [6.07, 6.45) is 51.2. The molecule has 2 fully saturated rings. The number of fused-ring (bicyclic) bond motifs is 1. The van der Waals surface area contributed by atoms with Crippen LogP contribution in [-0.2, 0) is 9.47 Å². The van der Waals surface area contributed by atoms with Crippen molar-refractivity contribution in [3.63, 3.8) is 0 Å². The van der Waals surface area contributed by atoms with Crippen molar-refractivity contribution in [3.05, 3.63) is 36.5 Å². The minimum Gasteiger partial charge on any atom is -0.344 e. The second kappa shape index (κ2) is 28.8. The molecule has 280 valence electrons. The molecule has 3 unspecified atom stereocenters. The Morgan fingerprint density at radius 2 is 1.04 bits per heavy atom. The molecule has 0 spiro atoms. The van der Waals surface area contributed by atoms with E-state index in [2.05, 4.69) is 76.2 Å². The summed E-state index contributed by atoms with van der Waals surface area (Å²) in [5.74, 6) is 1.26. The molecule has 0 N–H and O–H groups in total. The summed E-state index contributed by atoms with van der Waals surface area (Å²) in [6.45, 7) is 8.15. The molecule has 3 atom stereocenters. The third-order valence-corrected chi connectivity index (χ3v) is 10.8. The van der Waals surface area contributed by atoms with Gasteiger partial charge in [0.2, 0.25) is 0 Å². The SMILES string of the molecule is CCCCC/C=C\C/C=C\CCCCCCCCC1(CCCCCCCCC(C)C/C=C\CCCCC)OC2CC(CN(C)C)CC2O1. The molecule has 0 radical (unpaired) electrons. The van der Waals surface area contributed by atoms with Crippen LogP contribution in [-0.4, -0.2) is 43.5 Å². The summed E-state index contributed by atoms with van der Waals surface area (Å²) in [5, 5.41) is 0. The number of unbranched alkanes of at least 4 members (excludes halogenated alkanes) is 17. The molecule has 1 saturated carbocycles. The highest BCUT2D eigenvalue weighted by Crippen LogP contribution is 2.45. The summed E-state index contributed by atoms with van der Waals surface area (Å²) in [4.78, 5) is 2.33. The van der Waals surface area contributed by atoms with E-state index in [1.54, 1.807) is 0 Å². The number of hydrogen-bond donors (Lipinski definition) is 0. The van der Waals surface area contributed by atoms with Crippen LogP contribution in [0.1, 0.15) is 201 Å². The smallest absolute Gasteiger partial charge is 0.169 e. The average Bonchev–Trinajstić information content (AvgIpc) is 3.58. The lowest BCUT2D eigenvalue weighted by Crippen LogP contribution is -2.33. The number of ether oxygens (including phenoxy) is 2. The highest BCUT2D eigenvalue weighted by atomic mass is 16.8. The normalized spacial score (nSPS) is 23.5. The van der Waals surface area contributed by atoms with Crippen LogP contribution >= 0.6 is 0 Å². The van der Waals surface area contributed by atoms with Crippen LogP contribution in [0.25, 0.3) is 0 Å². The molecule has 0 bridgehead atoms. The Bertz CT molecular complexity index is 802. The molecule has 1 saturated heterocycles. The minimum atomic E-state index is -0.298. The van der Waals surface area contributed by atoms with Crippen molar-refractivity contribution in [3.8, 4) is 0 Å². The molecule has 3 nitrogen and oxygen atoms in total. The predicted octanol–water partition coefficient (Wildman–Crippen LogP) is 13.9. The molecule has 2 aliphatic rings. The lowest BCUT2D eigenvalue weighted by Gasteiger charge is -2.30. The van der Waals surface area contributed by atoms with Gasteiger partial charge in [-0.05, 0) is 103 Å². The lowest BCUT2D eigenvalue weighted by molar-refractivity contribution is -0.193. The van der Waals surface area contributed by atoms with Gasteiger partial charge in [0.25, 0.3) is 0 Å². The van der Waals surface area contributed by atoms with Gasteiger partial charge < -0.3 is 14.4 Å². The monoisotopic (exact) mass is 670 g/mol.